The van der Waals surface area contributed by atoms with Gasteiger partial charge in [0.25, 0.3) is 5.91 Å². The number of aromatic nitrogens is 2. The number of hydrogen-bond donors (Lipinski definition) is 2. The Morgan fingerprint density at radius 2 is 2.10 bits per heavy atom. The first-order valence-electron chi connectivity index (χ1n) is 10.1. The van der Waals surface area contributed by atoms with Crippen molar-refractivity contribution in [2.45, 2.75) is 45.4 Å². The molecule has 9 heteroatoms. The molecule has 0 saturated heterocycles. The zero-order chi connectivity index (χ0) is 22.4. The standard InChI is InChI=1S/C22H23ClFN3O3S/c1-2-25-21(30)14-7-5-3-4-6-8-15(20(29)19(14)28)22-27-26-18(31-22)12-13-9-10-17(24)16(23)11-13/h8-11,28H,2-7,12H2,1H3,(H,25,30)/b15-8+,19-14-. The van der Waals surface area contributed by atoms with Gasteiger partial charge in [0.15, 0.2) is 10.8 Å². The zero-order valence-corrected chi connectivity index (χ0v) is 18.7. The van der Waals surface area contributed by atoms with Crippen LogP contribution in [-0.4, -0.2) is 33.5 Å². The van der Waals surface area contributed by atoms with Crippen molar-refractivity contribution in [3.05, 3.63) is 62.0 Å². The number of Topliss-reactive ketones (excluding diaryl/α,β-unsaturated/α-hetero) is 1. The summed E-state index contributed by atoms with van der Waals surface area (Å²) in [6.45, 7) is 2.18. The van der Waals surface area contributed by atoms with E-state index >= 15 is 0 Å². The number of nitrogens with zero attached hydrogens (tertiary/aromatic N) is 2. The maximum atomic E-state index is 13.4. The minimum Gasteiger partial charge on any atom is -0.504 e. The molecule has 2 aromatic rings. The number of rotatable bonds is 5. The second-order valence-corrected chi connectivity index (χ2v) is 8.63. The van der Waals surface area contributed by atoms with Crippen LogP contribution in [-0.2, 0) is 16.0 Å². The molecule has 6 nitrogen and oxygen atoms in total. The fourth-order valence-electron chi connectivity index (χ4n) is 3.28. The molecular formula is C22H23ClFN3O3S. The van der Waals surface area contributed by atoms with Gasteiger partial charge in [0.1, 0.15) is 10.8 Å². The minimum atomic E-state index is -0.629. The molecule has 0 fully saturated rings. The van der Waals surface area contributed by atoms with E-state index in [9.17, 15) is 19.1 Å². The van der Waals surface area contributed by atoms with Gasteiger partial charge in [-0.1, -0.05) is 41.5 Å². The lowest BCUT2D eigenvalue weighted by Crippen LogP contribution is -2.27. The van der Waals surface area contributed by atoms with Crippen molar-refractivity contribution in [1.82, 2.24) is 15.5 Å². The Morgan fingerprint density at radius 3 is 2.84 bits per heavy atom. The van der Waals surface area contributed by atoms with Crippen LogP contribution in [0, 0.1) is 5.82 Å². The molecule has 1 aromatic heterocycles. The fraction of sp³-hybridized carbons (Fsp3) is 0.364. The highest BCUT2D eigenvalue weighted by Crippen LogP contribution is 2.28. The van der Waals surface area contributed by atoms with Gasteiger partial charge in [-0.15, -0.1) is 10.2 Å². The summed E-state index contributed by atoms with van der Waals surface area (Å²) < 4.78 is 13.4. The number of allylic oxidation sites excluding steroid dienone is 2. The number of aliphatic hydroxyl groups is 1. The number of carbonyl (C=O) groups excluding carboxylic acids is 2. The zero-order valence-electron chi connectivity index (χ0n) is 17.1. The minimum absolute atomic E-state index is 0.0282. The van der Waals surface area contributed by atoms with E-state index < -0.39 is 23.3 Å². The molecule has 1 aliphatic carbocycles. The molecule has 0 bridgehead atoms. The van der Waals surface area contributed by atoms with Gasteiger partial charge in [-0.05, 0) is 50.3 Å². The number of amides is 1. The van der Waals surface area contributed by atoms with E-state index in [1.807, 2.05) is 0 Å². The average Bonchev–Trinajstić information content (AvgIpc) is 3.20. The largest absolute Gasteiger partial charge is 0.504 e. The van der Waals surface area contributed by atoms with E-state index in [0.717, 1.165) is 24.8 Å². The van der Waals surface area contributed by atoms with Gasteiger partial charge >= 0.3 is 0 Å². The number of likely N-dealkylation sites (N-methyl/N-ethyl adjacent to an activating group) is 1. The number of benzene rings is 1. The molecule has 1 heterocycles. The van der Waals surface area contributed by atoms with Crippen molar-refractivity contribution >= 4 is 40.2 Å². The van der Waals surface area contributed by atoms with E-state index in [0.29, 0.717) is 35.8 Å². The lowest BCUT2D eigenvalue weighted by atomic mass is 9.97. The molecular weight excluding hydrogens is 441 g/mol. The number of hydrogen-bond acceptors (Lipinski definition) is 6. The first kappa shape index (κ1) is 23.1. The second kappa shape index (κ2) is 10.6. The molecule has 0 aliphatic heterocycles. The van der Waals surface area contributed by atoms with Crippen molar-refractivity contribution in [3.8, 4) is 0 Å². The summed E-state index contributed by atoms with van der Waals surface area (Å²) in [5.41, 5.74) is 1.11. The third-order valence-corrected chi connectivity index (χ3v) is 6.12. The first-order chi connectivity index (χ1) is 14.9. The van der Waals surface area contributed by atoms with Gasteiger partial charge in [0.2, 0.25) is 5.78 Å². The van der Waals surface area contributed by atoms with Gasteiger partial charge in [0, 0.05) is 13.0 Å². The Hall–Kier alpha value is -2.58. The molecule has 164 valence electrons. The van der Waals surface area contributed by atoms with Crippen LogP contribution < -0.4 is 5.32 Å². The summed E-state index contributed by atoms with van der Waals surface area (Å²) in [5.74, 6) is -2.10. The summed E-state index contributed by atoms with van der Waals surface area (Å²) in [4.78, 5) is 25.4. The van der Waals surface area contributed by atoms with Crippen LogP contribution in [0.25, 0.3) is 5.57 Å². The van der Waals surface area contributed by atoms with Crippen LogP contribution in [0.15, 0.2) is 35.6 Å². The highest BCUT2D eigenvalue weighted by Gasteiger charge is 2.26. The lowest BCUT2D eigenvalue weighted by molar-refractivity contribution is -0.119. The molecule has 0 radical (unpaired) electrons. The first-order valence-corrected chi connectivity index (χ1v) is 11.3. The van der Waals surface area contributed by atoms with E-state index in [1.165, 1.54) is 23.5 Å². The molecule has 1 aromatic carbocycles. The van der Waals surface area contributed by atoms with Crippen LogP contribution in [0.2, 0.25) is 5.02 Å². The maximum absolute atomic E-state index is 13.4. The second-order valence-electron chi connectivity index (χ2n) is 7.16. The maximum Gasteiger partial charge on any atom is 0.251 e. The predicted octanol–water partition coefficient (Wildman–Crippen LogP) is 4.79. The van der Waals surface area contributed by atoms with Gasteiger partial charge in [-0.3, -0.25) is 9.59 Å². The van der Waals surface area contributed by atoms with Gasteiger partial charge < -0.3 is 10.4 Å². The van der Waals surface area contributed by atoms with E-state index in [1.54, 1.807) is 19.1 Å². The van der Waals surface area contributed by atoms with Crippen LogP contribution in [0.5, 0.6) is 0 Å². The van der Waals surface area contributed by atoms with E-state index in [2.05, 4.69) is 15.5 Å². The van der Waals surface area contributed by atoms with Crippen molar-refractivity contribution in [1.29, 1.82) is 0 Å². The molecule has 0 unspecified atom stereocenters. The van der Waals surface area contributed by atoms with Crippen LogP contribution >= 0.6 is 22.9 Å². The Bertz CT molecular complexity index is 1050. The molecule has 0 atom stereocenters. The van der Waals surface area contributed by atoms with Gasteiger partial charge in [-0.2, -0.15) is 0 Å². The Kier molecular flexibility index (Phi) is 7.92. The normalized spacial score (nSPS) is 19.6. The fourth-order valence-corrected chi connectivity index (χ4v) is 4.39. The van der Waals surface area contributed by atoms with Crippen LogP contribution in [0.1, 0.15) is 54.6 Å². The Labute approximate surface area is 188 Å². The molecule has 0 saturated carbocycles. The van der Waals surface area contributed by atoms with Gasteiger partial charge in [-0.25, -0.2) is 4.39 Å². The summed E-state index contributed by atoms with van der Waals surface area (Å²) in [6, 6.07) is 4.43. The highest BCUT2D eigenvalue weighted by atomic mass is 35.5. The van der Waals surface area contributed by atoms with Crippen molar-refractivity contribution in [2.75, 3.05) is 6.54 Å². The molecule has 1 amide bonds. The summed E-state index contributed by atoms with van der Waals surface area (Å²) in [7, 11) is 0. The monoisotopic (exact) mass is 463 g/mol. The number of nitrogens with one attached hydrogen (secondary N) is 1. The molecule has 1 aliphatic rings. The summed E-state index contributed by atoms with van der Waals surface area (Å²) >= 11 is 7.05. The number of carbonyl (C=O) groups is 2. The Balaban J connectivity index is 1.89. The van der Waals surface area contributed by atoms with Gasteiger partial charge in [0.05, 0.1) is 16.2 Å². The van der Waals surface area contributed by atoms with Crippen molar-refractivity contribution in [3.63, 3.8) is 0 Å². The SMILES string of the molecule is CCNC(=O)/C1=C(\O)C(=O)/C(c2nnc(Cc3ccc(F)c(Cl)c3)s2)=C\CCCCC1. The predicted molar refractivity (Wildman–Crippen MR) is 119 cm³/mol. The Morgan fingerprint density at radius 1 is 1.29 bits per heavy atom. The molecule has 3 rings (SSSR count). The van der Waals surface area contributed by atoms with Crippen molar-refractivity contribution in [2.24, 2.45) is 0 Å². The summed E-state index contributed by atoms with van der Waals surface area (Å²) in [6.07, 6.45) is 5.58. The molecule has 2 N–H and O–H groups in total. The molecule has 0 spiro atoms. The summed E-state index contributed by atoms with van der Waals surface area (Å²) in [5, 5.41) is 22.6. The smallest absolute Gasteiger partial charge is 0.251 e. The molecule has 31 heavy (non-hydrogen) atoms. The van der Waals surface area contributed by atoms with Crippen LogP contribution in [0.3, 0.4) is 0 Å². The quantitative estimate of drug-likeness (QED) is 0.665. The van der Waals surface area contributed by atoms with E-state index in [-0.39, 0.29) is 16.2 Å². The topological polar surface area (TPSA) is 92.2 Å². The third kappa shape index (κ3) is 5.77. The highest BCUT2D eigenvalue weighted by molar-refractivity contribution is 7.12. The lowest BCUT2D eigenvalue weighted by Gasteiger charge is -2.12. The number of halogens is 2. The van der Waals surface area contributed by atoms with E-state index in [4.69, 9.17) is 11.6 Å². The average molecular weight is 464 g/mol. The van der Waals surface area contributed by atoms with Crippen LogP contribution in [0.4, 0.5) is 4.39 Å². The number of aliphatic hydroxyl groups excluding tert-OH is 1. The number of ketones is 1. The van der Waals surface area contributed by atoms with Crippen molar-refractivity contribution < 1.29 is 19.1 Å². The third-order valence-electron chi connectivity index (χ3n) is 4.87.